The van der Waals surface area contributed by atoms with Crippen LogP contribution in [0.15, 0.2) is 24.7 Å². The Bertz CT molecular complexity index is 85.9. The average Bonchev–Trinajstić information content (AvgIpc) is 1.90. The molecule has 0 N–H and O–H groups in total. The first-order valence-electron chi connectivity index (χ1n) is 1.94. The van der Waals surface area contributed by atoms with Crippen LogP contribution in [0.1, 0.15) is 0 Å². The van der Waals surface area contributed by atoms with Crippen molar-refractivity contribution in [1.82, 2.24) is 0 Å². The molecular weight excluding hydrogens is 90.9 g/mol. The van der Waals surface area contributed by atoms with Crippen LogP contribution in [0, 0.1) is 0 Å². The van der Waals surface area contributed by atoms with E-state index >= 15 is 0 Å². The third kappa shape index (κ3) is 1.35. The smallest absolute Gasteiger partial charge is 0.532 e. The fourth-order valence-electron chi connectivity index (χ4n) is 0.278. The van der Waals surface area contributed by atoms with E-state index in [9.17, 15) is 0 Å². The molecule has 1 heterocycles. The van der Waals surface area contributed by atoms with Crippen LogP contribution >= 0.6 is 0 Å². The SMILES string of the molecule is [B]1OC=CC=CO1. The number of rotatable bonds is 0. The minimum atomic E-state index is 1.25. The molecule has 0 spiro atoms. The normalized spacial score (nSPS) is 16.0. The van der Waals surface area contributed by atoms with Gasteiger partial charge in [-0.15, -0.1) is 0 Å². The molecule has 1 rings (SSSR count). The van der Waals surface area contributed by atoms with E-state index in [1.54, 1.807) is 12.2 Å². The maximum absolute atomic E-state index is 4.60. The van der Waals surface area contributed by atoms with Crippen LogP contribution in [0.2, 0.25) is 0 Å². The van der Waals surface area contributed by atoms with Gasteiger partial charge >= 0.3 is 7.69 Å². The van der Waals surface area contributed by atoms with E-state index in [4.69, 9.17) is 0 Å². The van der Waals surface area contributed by atoms with Crippen molar-refractivity contribution in [1.29, 1.82) is 0 Å². The third-order valence-corrected chi connectivity index (χ3v) is 0.536. The summed E-state index contributed by atoms with van der Waals surface area (Å²) in [6, 6.07) is 0. The van der Waals surface area contributed by atoms with E-state index in [0.717, 1.165) is 0 Å². The summed E-state index contributed by atoms with van der Waals surface area (Å²) < 4.78 is 9.21. The van der Waals surface area contributed by atoms with Crippen molar-refractivity contribution in [3.63, 3.8) is 0 Å². The monoisotopic (exact) mass is 95.0 g/mol. The topological polar surface area (TPSA) is 18.5 Å². The zero-order valence-corrected chi connectivity index (χ0v) is 3.70. The van der Waals surface area contributed by atoms with Gasteiger partial charge in [-0.1, -0.05) is 0 Å². The highest BCUT2D eigenvalue weighted by Gasteiger charge is 1.89. The van der Waals surface area contributed by atoms with Gasteiger partial charge in [0.05, 0.1) is 12.5 Å². The van der Waals surface area contributed by atoms with E-state index in [-0.39, 0.29) is 0 Å². The van der Waals surface area contributed by atoms with E-state index in [1.807, 2.05) is 0 Å². The largest absolute Gasteiger partial charge is 0.657 e. The van der Waals surface area contributed by atoms with Gasteiger partial charge in [-0.3, -0.25) is 0 Å². The minimum absolute atomic E-state index is 1.25. The molecule has 0 aromatic carbocycles. The van der Waals surface area contributed by atoms with Crippen molar-refractivity contribution >= 4 is 7.69 Å². The quantitative estimate of drug-likeness (QED) is 0.410. The Balaban J connectivity index is 2.39. The lowest BCUT2D eigenvalue weighted by Gasteiger charge is -1.88. The van der Waals surface area contributed by atoms with Crippen LogP contribution in [0.5, 0.6) is 0 Å². The average molecular weight is 94.9 g/mol. The van der Waals surface area contributed by atoms with Crippen molar-refractivity contribution in [3.05, 3.63) is 24.7 Å². The van der Waals surface area contributed by atoms with Gasteiger partial charge < -0.3 is 9.31 Å². The molecule has 0 aliphatic carbocycles. The Morgan fingerprint density at radius 3 is 2.14 bits per heavy atom. The summed E-state index contributed by atoms with van der Waals surface area (Å²) in [5.41, 5.74) is 0. The Morgan fingerprint density at radius 1 is 1.00 bits per heavy atom. The number of hydrogen-bond acceptors (Lipinski definition) is 2. The van der Waals surface area contributed by atoms with Gasteiger partial charge in [0, 0.05) is 0 Å². The van der Waals surface area contributed by atoms with Crippen LogP contribution in [0.3, 0.4) is 0 Å². The predicted molar refractivity (Wildman–Crippen MR) is 26.2 cm³/mol. The molecule has 1 aliphatic heterocycles. The van der Waals surface area contributed by atoms with Crippen molar-refractivity contribution in [2.45, 2.75) is 0 Å². The van der Waals surface area contributed by atoms with Crippen molar-refractivity contribution < 1.29 is 9.31 Å². The lowest BCUT2D eigenvalue weighted by Crippen LogP contribution is -1.91. The van der Waals surface area contributed by atoms with Gasteiger partial charge in [0.2, 0.25) is 0 Å². The minimum Gasteiger partial charge on any atom is -0.532 e. The summed E-state index contributed by atoms with van der Waals surface area (Å²) in [6.45, 7) is 0. The fraction of sp³-hybridized carbons (Fsp3) is 0. The Hall–Kier alpha value is -0.855. The first-order chi connectivity index (χ1) is 3.50. The molecule has 0 saturated carbocycles. The molecule has 0 saturated heterocycles. The summed E-state index contributed by atoms with van der Waals surface area (Å²) in [5.74, 6) is 0. The predicted octanol–water partition coefficient (Wildman–Crippen LogP) is 0.595. The van der Waals surface area contributed by atoms with Gasteiger partial charge in [-0.05, 0) is 12.2 Å². The molecule has 0 aromatic heterocycles. The first-order valence-corrected chi connectivity index (χ1v) is 1.94. The van der Waals surface area contributed by atoms with Crippen molar-refractivity contribution in [3.8, 4) is 0 Å². The van der Waals surface area contributed by atoms with Crippen molar-refractivity contribution in [2.75, 3.05) is 0 Å². The summed E-state index contributed by atoms with van der Waals surface area (Å²) in [6.07, 6.45) is 6.54. The van der Waals surface area contributed by atoms with E-state index in [2.05, 4.69) is 9.31 Å². The zero-order valence-electron chi connectivity index (χ0n) is 3.70. The molecule has 7 heavy (non-hydrogen) atoms. The van der Waals surface area contributed by atoms with Gasteiger partial charge in [-0.2, -0.15) is 0 Å². The van der Waals surface area contributed by atoms with Gasteiger partial charge in [0.15, 0.2) is 0 Å². The van der Waals surface area contributed by atoms with Crippen LogP contribution in [0.4, 0.5) is 0 Å². The molecule has 0 fully saturated rings. The Morgan fingerprint density at radius 2 is 1.57 bits per heavy atom. The Kier molecular flexibility index (Phi) is 1.44. The Labute approximate surface area is 42.7 Å². The van der Waals surface area contributed by atoms with Crippen LogP contribution in [-0.4, -0.2) is 7.69 Å². The highest BCUT2D eigenvalue weighted by Crippen LogP contribution is 1.85. The van der Waals surface area contributed by atoms with Crippen LogP contribution in [0.25, 0.3) is 0 Å². The van der Waals surface area contributed by atoms with Crippen molar-refractivity contribution in [2.24, 2.45) is 0 Å². The summed E-state index contributed by atoms with van der Waals surface area (Å²) >= 11 is 0. The van der Waals surface area contributed by atoms with Gasteiger partial charge in [0.1, 0.15) is 0 Å². The second-order valence-corrected chi connectivity index (χ2v) is 1.03. The molecule has 2 nitrogen and oxygen atoms in total. The molecule has 0 unspecified atom stereocenters. The van der Waals surface area contributed by atoms with Crippen LogP contribution < -0.4 is 0 Å². The number of allylic oxidation sites excluding steroid dienone is 2. The fourth-order valence-corrected chi connectivity index (χ4v) is 0.278. The molecular formula is C4H4BO2. The molecule has 0 atom stereocenters. The summed E-state index contributed by atoms with van der Waals surface area (Å²) in [5, 5.41) is 0. The molecule has 0 aromatic rings. The lowest BCUT2D eigenvalue weighted by molar-refractivity contribution is 0.381. The molecule has 0 bridgehead atoms. The molecule has 1 aliphatic rings. The zero-order chi connectivity index (χ0) is 4.95. The number of hydrogen-bond donors (Lipinski definition) is 0. The first kappa shape index (κ1) is 4.31. The van der Waals surface area contributed by atoms with Crippen LogP contribution in [-0.2, 0) is 9.31 Å². The molecule has 0 amide bonds. The maximum atomic E-state index is 4.60. The maximum Gasteiger partial charge on any atom is 0.657 e. The van der Waals surface area contributed by atoms with E-state index in [0.29, 0.717) is 0 Å². The summed E-state index contributed by atoms with van der Waals surface area (Å²) in [4.78, 5) is 0. The second kappa shape index (κ2) is 2.34. The third-order valence-electron chi connectivity index (χ3n) is 0.536. The summed E-state index contributed by atoms with van der Waals surface area (Å²) in [7, 11) is 1.25. The lowest BCUT2D eigenvalue weighted by atomic mass is 10.4. The molecule has 3 heteroatoms. The highest BCUT2D eigenvalue weighted by molar-refractivity contribution is 6.18. The van der Waals surface area contributed by atoms with Gasteiger partial charge in [0.25, 0.3) is 0 Å². The highest BCUT2D eigenvalue weighted by atomic mass is 16.6. The van der Waals surface area contributed by atoms with E-state index < -0.39 is 0 Å². The molecule has 1 radical (unpaired) electrons. The standard InChI is InChI=1S/C4H4BO2/c1-2-4-7-5-6-3-1/h1-4H. The van der Waals surface area contributed by atoms with E-state index in [1.165, 1.54) is 20.2 Å². The van der Waals surface area contributed by atoms with Gasteiger partial charge in [-0.25, -0.2) is 0 Å². The second-order valence-electron chi connectivity index (χ2n) is 1.03. The molecule has 35 valence electrons.